The molecule has 32 heavy (non-hydrogen) atoms. The van der Waals surface area contributed by atoms with Crippen LogP contribution in [0.15, 0.2) is 61.1 Å². The minimum absolute atomic E-state index is 0.0579. The van der Waals surface area contributed by atoms with Gasteiger partial charge in [0.05, 0.1) is 30.7 Å². The molecule has 3 aromatic rings. The lowest BCUT2D eigenvalue weighted by Gasteiger charge is -2.33. The van der Waals surface area contributed by atoms with Crippen molar-refractivity contribution in [3.8, 4) is 11.5 Å². The number of methoxy groups -OCH3 is 1. The minimum atomic E-state index is -1.01. The maximum atomic E-state index is 13.4. The van der Waals surface area contributed by atoms with Crippen molar-refractivity contribution in [1.29, 1.82) is 0 Å². The number of carbonyl (C=O) groups excluding carboxylic acids is 1. The third-order valence-electron chi connectivity index (χ3n) is 5.41. The number of aromatic nitrogens is 3. The zero-order valence-electron chi connectivity index (χ0n) is 18.5. The van der Waals surface area contributed by atoms with E-state index in [1.54, 1.807) is 57.7 Å². The van der Waals surface area contributed by atoms with Gasteiger partial charge in [-0.3, -0.25) is 9.78 Å². The Hall–Kier alpha value is -3.68. The van der Waals surface area contributed by atoms with Crippen LogP contribution in [0, 0.1) is 0 Å². The number of hydrogen-bond donors (Lipinski definition) is 1. The van der Waals surface area contributed by atoms with Gasteiger partial charge in [0.2, 0.25) is 5.95 Å². The standard InChI is InChI=1S/C24H27N5O3/c1-24(2,32-19-10-8-18(31-3)9-11-19)22(30)29-15-4-6-21(29)20-12-7-17(16-27-20)28-23-25-13-5-14-26-23/h5,7-14,16,21H,4,6,15H2,1-3H3,(H,25,26,28)/t21-/m1/s1. The molecule has 2 aromatic heterocycles. The fourth-order valence-electron chi connectivity index (χ4n) is 3.81. The molecule has 0 aliphatic carbocycles. The number of amides is 1. The van der Waals surface area contributed by atoms with E-state index in [9.17, 15) is 4.79 Å². The number of ether oxygens (including phenoxy) is 2. The summed E-state index contributed by atoms with van der Waals surface area (Å²) in [7, 11) is 1.61. The van der Waals surface area contributed by atoms with Gasteiger partial charge in [-0.2, -0.15) is 0 Å². The van der Waals surface area contributed by atoms with Gasteiger partial charge in [-0.15, -0.1) is 0 Å². The Balaban J connectivity index is 1.45. The lowest BCUT2D eigenvalue weighted by atomic mass is 10.0. The van der Waals surface area contributed by atoms with Gasteiger partial charge >= 0.3 is 0 Å². The summed E-state index contributed by atoms with van der Waals surface area (Å²) >= 11 is 0. The van der Waals surface area contributed by atoms with E-state index in [4.69, 9.17) is 9.47 Å². The summed E-state index contributed by atoms with van der Waals surface area (Å²) in [6.07, 6.45) is 6.88. The predicted molar refractivity (Wildman–Crippen MR) is 121 cm³/mol. The molecule has 8 nitrogen and oxygen atoms in total. The summed E-state index contributed by atoms with van der Waals surface area (Å²) in [5.74, 6) is 1.81. The SMILES string of the molecule is COc1ccc(OC(C)(C)C(=O)N2CCC[C@@H]2c2ccc(Nc3ncccn3)cn2)cc1. The molecule has 1 aromatic carbocycles. The van der Waals surface area contributed by atoms with Crippen LogP contribution in [-0.2, 0) is 4.79 Å². The van der Waals surface area contributed by atoms with Crippen LogP contribution in [0.25, 0.3) is 0 Å². The van der Waals surface area contributed by atoms with Crippen molar-refractivity contribution in [3.63, 3.8) is 0 Å². The van der Waals surface area contributed by atoms with Gasteiger partial charge in [0.1, 0.15) is 11.5 Å². The maximum absolute atomic E-state index is 13.4. The third-order valence-corrected chi connectivity index (χ3v) is 5.41. The van der Waals surface area contributed by atoms with Crippen LogP contribution < -0.4 is 14.8 Å². The molecule has 1 fully saturated rings. The second kappa shape index (κ2) is 9.21. The van der Waals surface area contributed by atoms with Gasteiger partial charge in [-0.25, -0.2) is 9.97 Å². The van der Waals surface area contributed by atoms with Gasteiger partial charge in [-0.1, -0.05) is 0 Å². The molecule has 1 saturated heterocycles. The summed E-state index contributed by atoms with van der Waals surface area (Å²) in [5.41, 5.74) is 0.637. The Kier molecular flexibility index (Phi) is 6.20. The van der Waals surface area contributed by atoms with E-state index in [1.807, 2.05) is 29.2 Å². The average Bonchev–Trinajstić information content (AvgIpc) is 3.30. The van der Waals surface area contributed by atoms with Crippen LogP contribution in [0.4, 0.5) is 11.6 Å². The second-order valence-electron chi connectivity index (χ2n) is 8.11. The van der Waals surface area contributed by atoms with Crippen LogP contribution in [0.3, 0.4) is 0 Å². The number of benzene rings is 1. The molecule has 3 heterocycles. The van der Waals surface area contributed by atoms with Crippen LogP contribution >= 0.6 is 0 Å². The molecule has 0 bridgehead atoms. The fourth-order valence-corrected chi connectivity index (χ4v) is 3.81. The summed E-state index contributed by atoms with van der Waals surface area (Å²) in [5, 5.41) is 3.12. The molecule has 8 heteroatoms. The van der Waals surface area contributed by atoms with Crippen molar-refractivity contribution >= 4 is 17.5 Å². The van der Waals surface area contributed by atoms with E-state index >= 15 is 0 Å². The van der Waals surface area contributed by atoms with Crippen molar-refractivity contribution in [1.82, 2.24) is 19.9 Å². The molecule has 1 amide bonds. The second-order valence-corrected chi connectivity index (χ2v) is 8.11. The molecule has 1 aliphatic rings. The smallest absolute Gasteiger partial charge is 0.266 e. The zero-order chi connectivity index (χ0) is 22.6. The topological polar surface area (TPSA) is 89.5 Å². The highest BCUT2D eigenvalue weighted by molar-refractivity contribution is 5.85. The van der Waals surface area contributed by atoms with Crippen LogP contribution in [0.5, 0.6) is 11.5 Å². The molecule has 1 aliphatic heterocycles. The van der Waals surface area contributed by atoms with E-state index < -0.39 is 5.60 Å². The minimum Gasteiger partial charge on any atom is -0.497 e. The fraction of sp³-hybridized carbons (Fsp3) is 0.333. The Morgan fingerprint density at radius 1 is 1.06 bits per heavy atom. The Labute approximate surface area is 187 Å². The Morgan fingerprint density at radius 3 is 2.44 bits per heavy atom. The van der Waals surface area contributed by atoms with Gasteiger partial charge in [0, 0.05) is 18.9 Å². The van der Waals surface area contributed by atoms with E-state index in [2.05, 4.69) is 20.3 Å². The first-order chi connectivity index (χ1) is 15.5. The number of nitrogens with one attached hydrogen (secondary N) is 1. The number of carbonyl (C=O) groups is 1. The lowest BCUT2D eigenvalue weighted by molar-refractivity contribution is -0.146. The summed E-state index contributed by atoms with van der Waals surface area (Å²) in [4.78, 5) is 28.2. The Bertz CT molecular complexity index is 1040. The molecular formula is C24H27N5O3. The molecular weight excluding hydrogens is 406 g/mol. The van der Waals surface area contributed by atoms with E-state index in [0.717, 1.165) is 30.0 Å². The first-order valence-corrected chi connectivity index (χ1v) is 10.6. The van der Waals surface area contributed by atoms with Crippen molar-refractivity contribution in [2.45, 2.75) is 38.3 Å². The highest BCUT2D eigenvalue weighted by atomic mass is 16.5. The van der Waals surface area contributed by atoms with Crippen molar-refractivity contribution < 1.29 is 14.3 Å². The normalized spacial score (nSPS) is 16.0. The zero-order valence-corrected chi connectivity index (χ0v) is 18.5. The number of nitrogens with zero attached hydrogens (tertiary/aromatic N) is 4. The molecule has 1 N–H and O–H groups in total. The monoisotopic (exact) mass is 433 g/mol. The largest absolute Gasteiger partial charge is 0.497 e. The molecule has 0 radical (unpaired) electrons. The molecule has 0 unspecified atom stereocenters. The molecule has 0 spiro atoms. The first-order valence-electron chi connectivity index (χ1n) is 10.6. The van der Waals surface area contributed by atoms with Crippen molar-refractivity contribution in [3.05, 3.63) is 66.7 Å². The van der Waals surface area contributed by atoms with Gasteiger partial charge in [0.25, 0.3) is 5.91 Å². The predicted octanol–water partition coefficient (Wildman–Crippen LogP) is 4.14. The number of rotatable bonds is 7. The van der Waals surface area contributed by atoms with E-state index in [1.165, 1.54) is 0 Å². The molecule has 4 rings (SSSR count). The highest BCUT2D eigenvalue weighted by Gasteiger charge is 2.40. The Morgan fingerprint density at radius 2 is 1.78 bits per heavy atom. The van der Waals surface area contributed by atoms with Crippen LogP contribution in [0.2, 0.25) is 0 Å². The third kappa shape index (κ3) is 4.80. The quantitative estimate of drug-likeness (QED) is 0.599. The van der Waals surface area contributed by atoms with Gasteiger partial charge in [-0.05, 0) is 69.2 Å². The molecule has 0 saturated carbocycles. The lowest BCUT2D eigenvalue weighted by Crippen LogP contribution is -2.48. The van der Waals surface area contributed by atoms with Crippen LogP contribution in [-0.4, -0.2) is 45.0 Å². The number of pyridine rings is 1. The van der Waals surface area contributed by atoms with Gasteiger partial charge < -0.3 is 19.7 Å². The van der Waals surface area contributed by atoms with E-state index in [0.29, 0.717) is 18.2 Å². The molecule has 166 valence electrons. The van der Waals surface area contributed by atoms with Crippen molar-refractivity contribution in [2.75, 3.05) is 19.0 Å². The number of anilines is 2. The van der Waals surface area contributed by atoms with Gasteiger partial charge in [0.15, 0.2) is 5.60 Å². The number of likely N-dealkylation sites (tertiary alicyclic amines) is 1. The number of hydrogen-bond acceptors (Lipinski definition) is 7. The highest BCUT2D eigenvalue weighted by Crippen LogP contribution is 2.34. The van der Waals surface area contributed by atoms with Crippen molar-refractivity contribution in [2.24, 2.45) is 0 Å². The molecule has 1 atom stereocenters. The summed E-state index contributed by atoms with van der Waals surface area (Å²) in [6, 6.07) is 12.8. The van der Waals surface area contributed by atoms with E-state index in [-0.39, 0.29) is 11.9 Å². The summed E-state index contributed by atoms with van der Waals surface area (Å²) in [6.45, 7) is 4.28. The average molecular weight is 434 g/mol. The maximum Gasteiger partial charge on any atom is 0.266 e. The van der Waals surface area contributed by atoms with Crippen LogP contribution in [0.1, 0.15) is 38.4 Å². The first kappa shape index (κ1) is 21.5. The summed E-state index contributed by atoms with van der Waals surface area (Å²) < 4.78 is 11.2.